The van der Waals surface area contributed by atoms with Gasteiger partial charge in [-0.3, -0.25) is 5.41 Å². The van der Waals surface area contributed by atoms with Crippen LogP contribution < -0.4 is 10.7 Å². The van der Waals surface area contributed by atoms with Gasteiger partial charge in [-0.25, -0.2) is 0 Å². The van der Waals surface area contributed by atoms with Gasteiger partial charge in [0.2, 0.25) is 0 Å². The Balaban J connectivity index is 0.00000149. The van der Waals surface area contributed by atoms with Crippen molar-refractivity contribution in [2.24, 2.45) is 0 Å². The fraction of sp³-hybridized carbons (Fsp3) is 0.321. The predicted molar refractivity (Wildman–Crippen MR) is 146 cm³/mol. The summed E-state index contributed by atoms with van der Waals surface area (Å²) in [6.07, 6.45) is 13.9. The van der Waals surface area contributed by atoms with Crippen molar-refractivity contribution in [1.29, 1.82) is 5.41 Å². The Morgan fingerprint density at radius 1 is 1.27 bits per heavy atom. The maximum Gasteiger partial charge on any atom is 0.150 e. The van der Waals surface area contributed by atoms with Crippen LogP contribution in [0.25, 0.3) is 22.3 Å². The first-order valence-corrected chi connectivity index (χ1v) is 12.2. The van der Waals surface area contributed by atoms with Crippen molar-refractivity contribution < 1.29 is 4.42 Å². The van der Waals surface area contributed by atoms with Crippen LogP contribution in [0.1, 0.15) is 52.2 Å². The summed E-state index contributed by atoms with van der Waals surface area (Å²) in [5, 5.41) is 13.2. The molecule has 2 heterocycles. The summed E-state index contributed by atoms with van der Waals surface area (Å²) >= 11 is 9.47. The van der Waals surface area contributed by atoms with E-state index in [4.69, 9.17) is 28.9 Å². The van der Waals surface area contributed by atoms with Gasteiger partial charge in [-0.1, -0.05) is 37.5 Å². The second-order valence-corrected chi connectivity index (χ2v) is 9.61. The Morgan fingerprint density at radius 3 is 2.70 bits per heavy atom. The molecule has 2 N–H and O–H groups in total. The molecule has 0 bridgehead atoms. The van der Waals surface area contributed by atoms with Gasteiger partial charge in [0.15, 0.2) is 5.76 Å². The van der Waals surface area contributed by atoms with Crippen LogP contribution in [-0.4, -0.2) is 5.54 Å². The monoisotopic (exact) mass is 476 g/mol. The number of hydrogen-bond acceptors (Lipinski definition) is 5. The third-order valence-electron chi connectivity index (χ3n) is 5.88. The van der Waals surface area contributed by atoms with Gasteiger partial charge in [-0.05, 0) is 75.4 Å². The molecular weight excluding hydrogens is 444 g/mol. The molecule has 4 rings (SSSR count). The lowest BCUT2D eigenvalue weighted by Gasteiger charge is -2.35. The van der Waals surface area contributed by atoms with Gasteiger partial charge < -0.3 is 9.73 Å². The number of allylic oxidation sites excluding steroid dienone is 4. The molecule has 5 heteroatoms. The van der Waals surface area contributed by atoms with Crippen molar-refractivity contribution >= 4 is 41.9 Å². The molecule has 1 aromatic rings. The SMILES string of the molecule is C#C/C=C\C(C)=C/Cc1c2ccc(=N)c(S)c-2oc2c(S)c3c(cc12)CCC(C)(C)N3.CC. The highest BCUT2D eigenvalue weighted by Crippen LogP contribution is 2.44. The molecule has 0 aromatic heterocycles. The van der Waals surface area contributed by atoms with E-state index >= 15 is 0 Å². The van der Waals surface area contributed by atoms with Crippen LogP contribution in [-0.2, 0) is 12.8 Å². The zero-order valence-electron chi connectivity index (χ0n) is 20.0. The number of fused-ring (bicyclic) bond motifs is 3. The molecule has 0 unspecified atom stereocenters. The lowest BCUT2D eigenvalue weighted by molar-refractivity contribution is 0.499. The number of aryl methyl sites for hydroxylation is 1. The lowest BCUT2D eigenvalue weighted by Crippen LogP contribution is -2.35. The number of benzene rings is 2. The van der Waals surface area contributed by atoms with Crippen molar-refractivity contribution in [3.63, 3.8) is 0 Å². The number of nitrogens with one attached hydrogen (secondary N) is 2. The van der Waals surface area contributed by atoms with Gasteiger partial charge in [-0.2, -0.15) is 0 Å². The van der Waals surface area contributed by atoms with E-state index < -0.39 is 0 Å². The van der Waals surface area contributed by atoms with Gasteiger partial charge in [0, 0.05) is 16.5 Å². The first-order valence-electron chi connectivity index (χ1n) is 11.3. The molecule has 0 spiro atoms. The largest absolute Gasteiger partial charge is 0.454 e. The fourth-order valence-corrected chi connectivity index (χ4v) is 4.71. The Labute approximate surface area is 208 Å². The number of rotatable bonds is 3. The lowest BCUT2D eigenvalue weighted by atomic mass is 9.87. The Kier molecular flexibility index (Phi) is 7.72. The van der Waals surface area contributed by atoms with Crippen LogP contribution in [0.3, 0.4) is 0 Å². The molecule has 3 nitrogen and oxygen atoms in total. The molecule has 0 saturated carbocycles. The van der Waals surface area contributed by atoms with Crippen LogP contribution in [0, 0.1) is 17.8 Å². The Morgan fingerprint density at radius 2 is 2.00 bits per heavy atom. The number of anilines is 1. The molecule has 1 aromatic carbocycles. The average molecular weight is 477 g/mol. The quantitative estimate of drug-likeness (QED) is 0.137. The smallest absolute Gasteiger partial charge is 0.150 e. The highest BCUT2D eigenvalue weighted by molar-refractivity contribution is 7.80. The zero-order chi connectivity index (χ0) is 24.3. The van der Waals surface area contributed by atoms with E-state index in [-0.39, 0.29) is 5.54 Å². The molecule has 0 fully saturated rings. The van der Waals surface area contributed by atoms with E-state index in [1.54, 1.807) is 12.1 Å². The topological polar surface area (TPSA) is 49.0 Å². The zero-order valence-corrected chi connectivity index (χ0v) is 21.8. The average Bonchev–Trinajstić information content (AvgIpc) is 2.80. The summed E-state index contributed by atoms with van der Waals surface area (Å²) in [5.41, 5.74) is 6.22. The van der Waals surface area contributed by atoms with Gasteiger partial charge in [0.1, 0.15) is 5.58 Å². The third kappa shape index (κ3) is 5.03. The van der Waals surface area contributed by atoms with Crippen LogP contribution in [0.2, 0.25) is 0 Å². The highest BCUT2D eigenvalue weighted by Gasteiger charge is 2.28. The summed E-state index contributed by atoms with van der Waals surface area (Å²) in [5.74, 6) is 3.15. The maximum atomic E-state index is 8.18. The minimum atomic E-state index is 0.00407. The molecule has 1 aliphatic carbocycles. The van der Waals surface area contributed by atoms with E-state index in [2.05, 4.69) is 49.9 Å². The third-order valence-corrected chi connectivity index (χ3v) is 6.75. The number of thiol groups is 2. The van der Waals surface area contributed by atoms with Gasteiger partial charge >= 0.3 is 0 Å². The molecule has 172 valence electrons. The van der Waals surface area contributed by atoms with E-state index in [0.717, 1.165) is 51.1 Å². The van der Waals surface area contributed by atoms with E-state index in [1.807, 2.05) is 32.9 Å². The van der Waals surface area contributed by atoms with E-state index in [9.17, 15) is 0 Å². The van der Waals surface area contributed by atoms with Crippen molar-refractivity contribution in [3.8, 4) is 23.7 Å². The minimum Gasteiger partial charge on any atom is -0.454 e. The van der Waals surface area contributed by atoms with Gasteiger partial charge in [0.05, 0.1) is 20.8 Å². The van der Waals surface area contributed by atoms with E-state index in [0.29, 0.717) is 22.4 Å². The van der Waals surface area contributed by atoms with E-state index in [1.165, 1.54) is 5.56 Å². The highest BCUT2D eigenvalue weighted by atomic mass is 32.1. The molecule has 0 amide bonds. The predicted octanol–water partition coefficient (Wildman–Crippen LogP) is 7.44. The summed E-state index contributed by atoms with van der Waals surface area (Å²) in [4.78, 5) is 1.34. The molecular formula is C28H32N2OS2. The summed E-state index contributed by atoms with van der Waals surface area (Å²) in [6.45, 7) is 10.4. The van der Waals surface area contributed by atoms with Crippen LogP contribution in [0.15, 0.2) is 56.2 Å². The van der Waals surface area contributed by atoms with Crippen LogP contribution >= 0.6 is 25.3 Å². The van der Waals surface area contributed by atoms with Crippen LogP contribution in [0.5, 0.6) is 0 Å². The second kappa shape index (κ2) is 10.2. The fourth-order valence-electron chi connectivity index (χ4n) is 4.11. The first-order chi connectivity index (χ1) is 15.7. The summed E-state index contributed by atoms with van der Waals surface area (Å²) < 4.78 is 6.36. The summed E-state index contributed by atoms with van der Waals surface area (Å²) in [6, 6.07) is 5.96. The second-order valence-electron chi connectivity index (χ2n) is 8.72. The van der Waals surface area contributed by atoms with Crippen molar-refractivity contribution in [2.45, 2.75) is 69.2 Å². The maximum absolute atomic E-state index is 8.18. The first kappa shape index (κ1) is 25.1. The summed E-state index contributed by atoms with van der Waals surface area (Å²) in [7, 11) is 0. The molecule has 2 aliphatic heterocycles. The van der Waals surface area contributed by atoms with Gasteiger partial charge in [-0.15, -0.1) is 31.7 Å². The van der Waals surface area contributed by atoms with Crippen LogP contribution in [0.4, 0.5) is 5.69 Å². The molecule has 0 atom stereocenters. The Hall–Kier alpha value is -2.55. The molecule has 33 heavy (non-hydrogen) atoms. The number of hydrogen-bond donors (Lipinski definition) is 4. The molecule has 0 radical (unpaired) electrons. The van der Waals surface area contributed by atoms with Crippen molar-refractivity contribution in [1.82, 2.24) is 0 Å². The molecule has 0 saturated heterocycles. The standard InChI is InChI=1S/C26H26N2OS2.C2H6/c1-5-6-7-15(2)8-9-17-18-10-11-20(27)24(30)22(18)29-23-19(17)14-16-12-13-26(3,4)28-21(16)25(23)31;1-2/h1,6-8,10-11,14,27-28,30-31H,9,12-13H2,2-4H3;1-2H3/b7-6-,15-8-,27-20?;. The van der Waals surface area contributed by atoms with Gasteiger partial charge in [0.25, 0.3) is 0 Å². The Bertz CT molecular complexity index is 1320. The number of terminal acetylenes is 1. The molecule has 3 aliphatic rings. The van der Waals surface area contributed by atoms with Crippen molar-refractivity contribution in [3.05, 3.63) is 58.5 Å². The minimum absolute atomic E-state index is 0.00407. The van der Waals surface area contributed by atoms with Crippen molar-refractivity contribution in [2.75, 3.05) is 5.32 Å². The normalized spacial score (nSPS) is 15.0.